The Morgan fingerprint density at radius 3 is 2.56 bits per heavy atom. The number of rotatable bonds is 3. The topological polar surface area (TPSA) is 0 Å². The van der Waals surface area contributed by atoms with Crippen LogP contribution in [0.1, 0.15) is 6.42 Å². The lowest BCUT2D eigenvalue weighted by molar-refractivity contribution is 0.670. The molecule has 0 unspecified atom stereocenters. The third kappa shape index (κ3) is 7.08. The second-order valence-electron chi connectivity index (χ2n) is 1.45. The van der Waals surface area contributed by atoms with Crippen LogP contribution in [0.4, 0.5) is 8.78 Å². The summed E-state index contributed by atoms with van der Waals surface area (Å²) < 4.78 is 22.9. The number of allylic oxidation sites excluding steroid dienone is 4. The first-order chi connectivity index (χ1) is 4.27. The van der Waals surface area contributed by atoms with E-state index in [-0.39, 0.29) is 0 Å². The van der Waals surface area contributed by atoms with Gasteiger partial charge >= 0.3 is 0 Å². The minimum Gasteiger partial charge on any atom is -0.216 e. The molecule has 0 atom stereocenters. The predicted molar refractivity (Wildman–Crippen MR) is 34.3 cm³/mol. The molecule has 50 valence electrons. The van der Waals surface area contributed by atoms with Crippen molar-refractivity contribution in [2.24, 2.45) is 0 Å². The highest BCUT2D eigenvalue weighted by Gasteiger charge is 1.75. The maximum Gasteiger partial charge on any atom is 0.115 e. The zero-order chi connectivity index (χ0) is 7.11. The van der Waals surface area contributed by atoms with Crippen LogP contribution in [0.25, 0.3) is 0 Å². The quantitative estimate of drug-likeness (QED) is 0.515. The van der Waals surface area contributed by atoms with Crippen molar-refractivity contribution in [1.82, 2.24) is 0 Å². The van der Waals surface area contributed by atoms with Gasteiger partial charge in [-0.2, -0.15) is 0 Å². The molecule has 0 amide bonds. The predicted octanol–water partition coefficient (Wildman–Crippen LogP) is 2.90. The third-order valence-electron chi connectivity index (χ3n) is 0.660. The van der Waals surface area contributed by atoms with Gasteiger partial charge in [-0.15, -0.1) is 0 Å². The van der Waals surface area contributed by atoms with Crippen LogP contribution in [0, 0.1) is 0 Å². The average molecular weight is 130 g/mol. The van der Waals surface area contributed by atoms with Gasteiger partial charge in [0.2, 0.25) is 0 Å². The van der Waals surface area contributed by atoms with Gasteiger partial charge in [-0.3, -0.25) is 0 Å². The number of hydrogen-bond donors (Lipinski definition) is 0. The highest BCUT2D eigenvalue weighted by molar-refractivity contribution is 5.07. The normalized spacial score (nSPS) is 11.3. The lowest BCUT2D eigenvalue weighted by atomic mass is 10.3. The van der Waals surface area contributed by atoms with Crippen LogP contribution in [0.2, 0.25) is 0 Å². The molecule has 0 aromatic carbocycles. The van der Waals surface area contributed by atoms with E-state index in [1.807, 2.05) is 0 Å². The molecule has 9 heavy (non-hydrogen) atoms. The zero-order valence-electron chi connectivity index (χ0n) is 4.98. The summed E-state index contributed by atoms with van der Waals surface area (Å²) in [5.41, 5.74) is 0. The molecule has 0 bridgehead atoms. The van der Waals surface area contributed by atoms with Crippen molar-refractivity contribution in [3.8, 4) is 0 Å². The Hall–Kier alpha value is -0.920. The maximum absolute atomic E-state index is 11.7. The van der Waals surface area contributed by atoms with E-state index in [2.05, 4.69) is 6.58 Å². The molecule has 0 fully saturated rings. The number of halogens is 2. The molecule has 0 aromatic rings. The van der Waals surface area contributed by atoms with Gasteiger partial charge < -0.3 is 0 Å². The Morgan fingerprint density at radius 1 is 1.44 bits per heavy atom. The molecule has 0 aliphatic carbocycles. The molecule has 0 aromatic heterocycles. The van der Waals surface area contributed by atoms with Gasteiger partial charge in [0.25, 0.3) is 0 Å². The standard InChI is InChI=1S/C7H8F2/c1-7(9)5-3-2-4-6-8/h3-6H,1-2H2/b5-3-,6-4+. The van der Waals surface area contributed by atoms with Crippen molar-refractivity contribution in [3.05, 3.63) is 37.0 Å². The fourth-order valence-electron chi connectivity index (χ4n) is 0.326. The fourth-order valence-corrected chi connectivity index (χ4v) is 0.326. The Balaban J connectivity index is 3.36. The summed E-state index contributed by atoms with van der Waals surface area (Å²) >= 11 is 0. The van der Waals surface area contributed by atoms with Gasteiger partial charge in [0, 0.05) is 0 Å². The molecule has 0 aliphatic heterocycles. The minimum absolute atomic E-state index is 0.402. The van der Waals surface area contributed by atoms with Crippen LogP contribution in [0.3, 0.4) is 0 Å². The highest BCUT2D eigenvalue weighted by atomic mass is 19.1. The molecule has 0 N–H and O–H groups in total. The fraction of sp³-hybridized carbons (Fsp3) is 0.143. The second-order valence-corrected chi connectivity index (χ2v) is 1.45. The van der Waals surface area contributed by atoms with E-state index in [1.54, 1.807) is 0 Å². The van der Waals surface area contributed by atoms with Gasteiger partial charge in [0.1, 0.15) is 5.83 Å². The van der Waals surface area contributed by atoms with Crippen LogP contribution in [0.15, 0.2) is 37.0 Å². The molecule has 0 saturated heterocycles. The average Bonchev–Trinajstić information content (AvgIpc) is 1.80. The van der Waals surface area contributed by atoms with E-state index >= 15 is 0 Å². The summed E-state index contributed by atoms with van der Waals surface area (Å²) in [6.45, 7) is 2.98. The van der Waals surface area contributed by atoms with Gasteiger partial charge in [-0.25, -0.2) is 8.78 Å². The molecule has 2 heteroatoms. The van der Waals surface area contributed by atoms with Crippen molar-refractivity contribution in [2.45, 2.75) is 6.42 Å². The first-order valence-corrected chi connectivity index (χ1v) is 2.53. The monoisotopic (exact) mass is 130 g/mol. The van der Waals surface area contributed by atoms with E-state index in [0.717, 1.165) is 0 Å². The summed E-state index contributed by atoms with van der Waals surface area (Å²) in [4.78, 5) is 0. The second kappa shape index (κ2) is 5.22. The molecule has 0 aliphatic rings. The van der Waals surface area contributed by atoms with E-state index in [0.29, 0.717) is 12.8 Å². The minimum atomic E-state index is -0.512. The molecule has 0 nitrogen and oxygen atoms in total. The third-order valence-corrected chi connectivity index (χ3v) is 0.660. The zero-order valence-corrected chi connectivity index (χ0v) is 4.98. The molecule has 0 spiro atoms. The molecular weight excluding hydrogens is 122 g/mol. The Bertz CT molecular complexity index is 134. The van der Waals surface area contributed by atoms with Gasteiger partial charge in [-0.1, -0.05) is 18.7 Å². The Morgan fingerprint density at radius 2 is 2.11 bits per heavy atom. The van der Waals surface area contributed by atoms with E-state index < -0.39 is 5.83 Å². The van der Waals surface area contributed by atoms with Crippen molar-refractivity contribution in [2.75, 3.05) is 0 Å². The maximum atomic E-state index is 11.7. The van der Waals surface area contributed by atoms with Crippen molar-refractivity contribution < 1.29 is 8.78 Å². The van der Waals surface area contributed by atoms with Crippen molar-refractivity contribution in [3.63, 3.8) is 0 Å². The van der Waals surface area contributed by atoms with Crippen LogP contribution in [-0.4, -0.2) is 0 Å². The molecule has 0 rings (SSSR count). The Kier molecular flexibility index (Phi) is 4.69. The van der Waals surface area contributed by atoms with Crippen LogP contribution >= 0.6 is 0 Å². The molecule has 0 heterocycles. The number of hydrogen-bond acceptors (Lipinski definition) is 0. The lowest BCUT2D eigenvalue weighted by Gasteiger charge is -1.78. The van der Waals surface area contributed by atoms with E-state index in [4.69, 9.17) is 0 Å². The smallest absolute Gasteiger partial charge is 0.115 e. The van der Waals surface area contributed by atoms with Crippen molar-refractivity contribution >= 4 is 0 Å². The molecule has 0 saturated carbocycles. The van der Waals surface area contributed by atoms with Gasteiger partial charge in [0.15, 0.2) is 0 Å². The SMILES string of the molecule is C=C(F)/C=C\C/C=C/F. The summed E-state index contributed by atoms with van der Waals surface area (Å²) in [5, 5.41) is 0. The molecular formula is C7H8F2. The highest BCUT2D eigenvalue weighted by Crippen LogP contribution is 1.94. The van der Waals surface area contributed by atoms with Crippen LogP contribution in [-0.2, 0) is 0 Å². The van der Waals surface area contributed by atoms with E-state index in [9.17, 15) is 8.78 Å². The van der Waals surface area contributed by atoms with Gasteiger partial charge in [-0.05, 0) is 12.5 Å². The summed E-state index contributed by atoms with van der Waals surface area (Å²) in [6, 6.07) is 0. The summed E-state index contributed by atoms with van der Waals surface area (Å²) in [6.07, 6.45) is 4.78. The molecule has 0 radical (unpaired) electrons. The van der Waals surface area contributed by atoms with Crippen LogP contribution in [0.5, 0.6) is 0 Å². The largest absolute Gasteiger partial charge is 0.216 e. The first-order valence-electron chi connectivity index (χ1n) is 2.53. The van der Waals surface area contributed by atoms with E-state index in [1.165, 1.54) is 18.2 Å². The lowest BCUT2D eigenvalue weighted by Crippen LogP contribution is -1.58. The first kappa shape index (κ1) is 8.08. The van der Waals surface area contributed by atoms with Crippen molar-refractivity contribution in [1.29, 1.82) is 0 Å². The summed E-state index contributed by atoms with van der Waals surface area (Å²) in [7, 11) is 0. The Labute approximate surface area is 53.2 Å². The van der Waals surface area contributed by atoms with Gasteiger partial charge in [0.05, 0.1) is 6.33 Å². The van der Waals surface area contributed by atoms with Crippen LogP contribution < -0.4 is 0 Å². The summed E-state index contributed by atoms with van der Waals surface area (Å²) in [5.74, 6) is -0.512.